The minimum Gasteiger partial charge on any atom is -0.451 e. The molecule has 0 aliphatic rings. The number of benzene rings is 2. The van der Waals surface area contributed by atoms with Crippen molar-refractivity contribution in [1.29, 1.82) is 0 Å². The Balaban J connectivity index is 1.28. The summed E-state index contributed by atoms with van der Waals surface area (Å²) in [5.74, 6) is -0.0471. The van der Waals surface area contributed by atoms with Crippen molar-refractivity contribution in [2.75, 3.05) is 5.32 Å². The number of thiocarbonyl (C=S) groups is 1. The van der Waals surface area contributed by atoms with Gasteiger partial charge in [0.05, 0.1) is 16.1 Å². The fourth-order valence-corrected chi connectivity index (χ4v) is 4.01. The number of carbonyl (C=O) groups is 1. The smallest absolute Gasteiger partial charge is 0.293 e. The van der Waals surface area contributed by atoms with E-state index in [1.807, 2.05) is 6.07 Å². The van der Waals surface area contributed by atoms with Crippen LogP contribution >= 0.6 is 28.1 Å². The normalized spacial score (nSPS) is 10.8. The van der Waals surface area contributed by atoms with E-state index in [9.17, 15) is 14.9 Å². The second-order valence-corrected chi connectivity index (χ2v) is 8.76. The van der Waals surface area contributed by atoms with E-state index in [0.717, 1.165) is 10.0 Å². The molecule has 36 heavy (non-hydrogen) atoms. The molecule has 1 amide bonds. The Labute approximate surface area is 216 Å². The fourth-order valence-electron chi connectivity index (χ4n) is 3.43. The number of halogens is 1. The van der Waals surface area contributed by atoms with E-state index in [1.54, 1.807) is 48.8 Å². The first-order chi connectivity index (χ1) is 17.4. The molecule has 0 aliphatic heterocycles. The SMILES string of the molecule is O=C(NC(=S)Nc1ccc2oc(-c3cncc(Br)c3)nc2c1)c1ccc(-c2ccccc2[N+](=O)[O-])o1. The number of furan rings is 1. The Morgan fingerprint density at radius 1 is 1.06 bits per heavy atom. The summed E-state index contributed by atoms with van der Waals surface area (Å²) in [6, 6.07) is 16.1. The Kier molecular flexibility index (Phi) is 6.27. The first kappa shape index (κ1) is 23.3. The summed E-state index contributed by atoms with van der Waals surface area (Å²) in [5, 5.41) is 16.7. The van der Waals surface area contributed by atoms with Crippen molar-refractivity contribution in [2.24, 2.45) is 0 Å². The van der Waals surface area contributed by atoms with Crippen LogP contribution in [0.25, 0.3) is 33.9 Å². The summed E-state index contributed by atoms with van der Waals surface area (Å²) in [7, 11) is 0. The van der Waals surface area contributed by atoms with Crippen LogP contribution in [-0.4, -0.2) is 25.9 Å². The minimum atomic E-state index is -0.607. The van der Waals surface area contributed by atoms with Gasteiger partial charge in [-0.1, -0.05) is 12.1 Å². The molecular formula is C24H14BrN5O5S. The number of nitro groups is 1. The molecule has 2 N–H and O–H groups in total. The lowest BCUT2D eigenvalue weighted by atomic mass is 10.1. The van der Waals surface area contributed by atoms with Crippen molar-refractivity contribution in [2.45, 2.75) is 0 Å². The number of amides is 1. The quantitative estimate of drug-likeness (QED) is 0.151. The van der Waals surface area contributed by atoms with Gasteiger partial charge in [0.2, 0.25) is 5.89 Å². The zero-order valence-electron chi connectivity index (χ0n) is 18.1. The largest absolute Gasteiger partial charge is 0.451 e. The van der Waals surface area contributed by atoms with Crippen LogP contribution in [-0.2, 0) is 0 Å². The number of hydrogen-bond acceptors (Lipinski definition) is 8. The maximum atomic E-state index is 12.6. The second kappa shape index (κ2) is 9.68. The lowest BCUT2D eigenvalue weighted by molar-refractivity contribution is -0.384. The maximum absolute atomic E-state index is 12.6. The molecule has 0 saturated heterocycles. The minimum absolute atomic E-state index is 0.0305. The van der Waals surface area contributed by atoms with Crippen molar-refractivity contribution in [3.63, 3.8) is 0 Å². The highest BCUT2D eigenvalue weighted by molar-refractivity contribution is 9.10. The Bertz CT molecular complexity index is 1650. The van der Waals surface area contributed by atoms with Gasteiger partial charge in [0, 0.05) is 28.6 Å². The molecule has 0 fully saturated rings. The molecule has 5 rings (SSSR count). The van der Waals surface area contributed by atoms with Gasteiger partial charge < -0.3 is 14.2 Å². The molecule has 5 aromatic rings. The van der Waals surface area contributed by atoms with E-state index in [-0.39, 0.29) is 27.9 Å². The van der Waals surface area contributed by atoms with Crippen LogP contribution in [0.5, 0.6) is 0 Å². The highest BCUT2D eigenvalue weighted by atomic mass is 79.9. The van der Waals surface area contributed by atoms with Crippen LogP contribution in [0.4, 0.5) is 11.4 Å². The van der Waals surface area contributed by atoms with Gasteiger partial charge in [-0.05, 0) is 70.6 Å². The highest BCUT2D eigenvalue weighted by Crippen LogP contribution is 2.31. The fraction of sp³-hybridized carbons (Fsp3) is 0. The van der Waals surface area contributed by atoms with Crippen molar-refractivity contribution < 1.29 is 18.6 Å². The molecule has 0 aliphatic carbocycles. The number of pyridine rings is 1. The van der Waals surface area contributed by atoms with Crippen molar-refractivity contribution in [3.05, 3.63) is 93.4 Å². The predicted octanol–water partition coefficient (Wildman–Crippen LogP) is 5.95. The first-order valence-electron chi connectivity index (χ1n) is 10.3. The number of aromatic nitrogens is 2. The van der Waals surface area contributed by atoms with E-state index >= 15 is 0 Å². The molecule has 3 aromatic heterocycles. The summed E-state index contributed by atoms with van der Waals surface area (Å²) < 4.78 is 12.1. The van der Waals surface area contributed by atoms with Gasteiger partial charge >= 0.3 is 0 Å². The van der Waals surface area contributed by atoms with E-state index in [4.69, 9.17) is 21.1 Å². The van der Waals surface area contributed by atoms with Crippen LogP contribution in [0.15, 0.2) is 86.4 Å². The van der Waals surface area contributed by atoms with Gasteiger partial charge in [-0.2, -0.15) is 0 Å². The number of nitrogens with one attached hydrogen (secondary N) is 2. The van der Waals surface area contributed by atoms with Gasteiger partial charge in [-0.15, -0.1) is 0 Å². The van der Waals surface area contributed by atoms with Gasteiger partial charge in [0.1, 0.15) is 11.3 Å². The summed E-state index contributed by atoms with van der Waals surface area (Å²) in [5.41, 5.74) is 2.60. The molecule has 10 nitrogen and oxygen atoms in total. The van der Waals surface area contributed by atoms with Crippen LogP contribution in [0.3, 0.4) is 0 Å². The Morgan fingerprint density at radius 3 is 2.69 bits per heavy atom. The molecule has 178 valence electrons. The number of para-hydroxylation sites is 1. The van der Waals surface area contributed by atoms with E-state index < -0.39 is 10.8 Å². The Hall–Kier alpha value is -4.42. The number of carbonyl (C=O) groups excluding carboxylic acids is 1. The lowest BCUT2D eigenvalue weighted by Gasteiger charge is -2.08. The molecule has 0 atom stereocenters. The number of hydrogen-bond donors (Lipinski definition) is 2. The van der Waals surface area contributed by atoms with Crippen molar-refractivity contribution in [1.82, 2.24) is 15.3 Å². The number of nitrogens with zero attached hydrogens (tertiary/aromatic N) is 3. The standard InChI is InChI=1S/C24H14BrN5O5S/c25-14-9-13(11-26-12-14)23-28-17-10-15(5-6-20(17)35-23)27-24(36)29-22(31)21-8-7-19(34-21)16-3-1-2-4-18(16)30(32)33/h1-12H,(H2,27,29,31,36). The monoisotopic (exact) mass is 563 g/mol. The Morgan fingerprint density at radius 2 is 1.89 bits per heavy atom. The molecule has 3 heterocycles. The molecule has 0 spiro atoms. The number of rotatable bonds is 5. The summed E-state index contributed by atoms with van der Waals surface area (Å²) >= 11 is 8.63. The highest BCUT2D eigenvalue weighted by Gasteiger charge is 2.20. The number of fused-ring (bicyclic) bond motifs is 1. The molecule has 2 aromatic carbocycles. The van der Waals surface area contributed by atoms with Gasteiger partial charge in [-0.25, -0.2) is 4.98 Å². The van der Waals surface area contributed by atoms with Gasteiger partial charge in [0.15, 0.2) is 16.5 Å². The molecule has 0 radical (unpaired) electrons. The second-order valence-electron chi connectivity index (χ2n) is 7.44. The van der Waals surface area contributed by atoms with Gasteiger partial charge in [0.25, 0.3) is 11.6 Å². The third-order valence-corrected chi connectivity index (χ3v) is 5.66. The first-order valence-corrected chi connectivity index (χ1v) is 11.5. The number of anilines is 1. The number of oxazole rings is 1. The summed E-state index contributed by atoms with van der Waals surface area (Å²) in [4.78, 5) is 32.0. The number of nitro benzene ring substituents is 1. The van der Waals surface area contributed by atoms with Crippen LogP contribution in [0.2, 0.25) is 0 Å². The van der Waals surface area contributed by atoms with Crippen LogP contribution in [0.1, 0.15) is 10.6 Å². The zero-order valence-corrected chi connectivity index (χ0v) is 20.5. The lowest BCUT2D eigenvalue weighted by Crippen LogP contribution is -2.33. The average Bonchev–Trinajstić information content (AvgIpc) is 3.51. The van der Waals surface area contributed by atoms with Crippen molar-refractivity contribution in [3.8, 4) is 22.8 Å². The molecular weight excluding hydrogens is 550 g/mol. The third kappa shape index (κ3) is 4.85. The van der Waals surface area contributed by atoms with Crippen LogP contribution < -0.4 is 10.6 Å². The summed E-state index contributed by atoms with van der Waals surface area (Å²) in [6.07, 6.45) is 3.31. The molecule has 0 unspecified atom stereocenters. The van der Waals surface area contributed by atoms with Gasteiger partial charge in [-0.3, -0.25) is 25.2 Å². The van der Waals surface area contributed by atoms with Crippen molar-refractivity contribution >= 4 is 61.6 Å². The topological polar surface area (TPSA) is 136 Å². The van der Waals surface area contributed by atoms with Crippen LogP contribution in [0, 0.1) is 10.1 Å². The zero-order chi connectivity index (χ0) is 25.2. The predicted molar refractivity (Wildman–Crippen MR) is 139 cm³/mol. The van der Waals surface area contributed by atoms with E-state index in [0.29, 0.717) is 22.7 Å². The molecule has 12 heteroatoms. The molecule has 0 saturated carbocycles. The maximum Gasteiger partial charge on any atom is 0.293 e. The summed E-state index contributed by atoms with van der Waals surface area (Å²) in [6.45, 7) is 0. The molecule has 0 bridgehead atoms. The third-order valence-electron chi connectivity index (χ3n) is 5.02. The van der Waals surface area contributed by atoms with E-state index in [1.165, 1.54) is 18.2 Å². The average molecular weight is 564 g/mol. The van der Waals surface area contributed by atoms with E-state index in [2.05, 4.69) is 36.5 Å².